The van der Waals surface area contributed by atoms with E-state index in [-0.39, 0.29) is 24.9 Å². The zero-order valence-electron chi connectivity index (χ0n) is 19.2. The lowest BCUT2D eigenvalue weighted by atomic mass is 9.87. The number of carbonyl (C=O) groups is 2. The highest BCUT2D eigenvalue weighted by atomic mass is 16.6. The molecule has 2 amide bonds. The highest BCUT2D eigenvalue weighted by molar-refractivity contribution is 5.92. The van der Waals surface area contributed by atoms with E-state index in [1.807, 2.05) is 30.3 Å². The molecule has 33 heavy (non-hydrogen) atoms. The molecule has 0 saturated heterocycles. The predicted molar refractivity (Wildman–Crippen MR) is 125 cm³/mol. The number of carbonyl (C=O) groups excluding carboxylic acids is 2. The van der Waals surface area contributed by atoms with E-state index >= 15 is 0 Å². The van der Waals surface area contributed by atoms with Gasteiger partial charge in [-0.15, -0.1) is 0 Å². The number of nitrogens with zero attached hydrogens (tertiary/aromatic N) is 1. The van der Waals surface area contributed by atoms with Gasteiger partial charge in [-0.2, -0.15) is 0 Å². The van der Waals surface area contributed by atoms with Crippen LogP contribution in [0.3, 0.4) is 0 Å². The average molecular weight is 454 g/mol. The van der Waals surface area contributed by atoms with Crippen LogP contribution >= 0.6 is 0 Å². The Morgan fingerprint density at radius 1 is 1.00 bits per heavy atom. The van der Waals surface area contributed by atoms with Gasteiger partial charge >= 0.3 is 0 Å². The van der Waals surface area contributed by atoms with Crippen LogP contribution in [0.25, 0.3) is 0 Å². The van der Waals surface area contributed by atoms with Crippen LogP contribution in [0.1, 0.15) is 31.2 Å². The fourth-order valence-corrected chi connectivity index (χ4v) is 4.56. The number of fused-ring (bicyclic) bond motifs is 1. The van der Waals surface area contributed by atoms with Gasteiger partial charge in [0, 0.05) is 11.8 Å². The van der Waals surface area contributed by atoms with Crippen molar-refractivity contribution in [2.24, 2.45) is 0 Å². The second-order valence-corrected chi connectivity index (χ2v) is 8.65. The van der Waals surface area contributed by atoms with Crippen molar-refractivity contribution < 1.29 is 23.8 Å². The lowest BCUT2D eigenvalue weighted by Gasteiger charge is -2.33. The van der Waals surface area contributed by atoms with E-state index in [2.05, 4.69) is 10.6 Å². The first-order valence-corrected chi connectivity index (χ1v) is 11.3. The Morgan fingerprint density at radius 2 is 1.73 bits per heavy atom. The Hall–Kier alpha value is -3.26. The maximum atomic E-state index is 12.9. The molecule has 2 N–H and O–H groups in total. The molecule has 1 aliphatic heterocycles. The first-order chi connectivity index (χ1) is 16.0. The van der Waals surface area contributed by atoms with Gasteiger partial charge in [-0.1, -0.05) is 25.0 Å². The van der Waals surface area contributed by atoms with Crippen LogP contribution in [0.15, 0.2) is 42.5 Å². The molecule has 1 heterocycles. The Kier molecular flexibility index (Phi) is 7.03. The van der Waals surface area contributed by atoms with Gasteiger partial charge in [-0.25, -0.2) is 0 Å². The number of hydrogen-bond acceptors (Lipinski definition) is 6. The van der Waals surface area contributed by atoms with Crippen molar-refractivity contribution in [3.63, 3.8) is 0 Å². The molecule has 0 unspecified atom stereocenters. The summed E-state index contributed by atoms with van der Waals surface area (Å²) in [6, 6.07) is 13.1. The smallest absolute Gasteiger partial charge is 0.238 e. The van der Waals surface area contributed by atoms with E-state index in [4.69, 9.17) is 14.2 Å². The number of methoxy groups -OCH3 is 1. The molecule has 2 aromatic carbocycles. The van der Waals surface area contributed by atoms with E-state index in [1.54, 1.807) is 31.2 Å². The zero-order chi connectivity index (χ0) is 23.3. The zero-order valence-corrected chi connectivity index (χ0v) is 19.2. The third-order valence-corrected chi connectivity index (χ3v) is 6.11. The normalized spacial score (nSPS) is 16.3. The number of nitrogens with one attached hydrogen (secondary N) is 2. The highest BCUT2D eigenvalue weighted by Crippen LogP contribution is 2.42. The Morgan fingerprint density at radius 3 is 2.48 bits per heavy atom. The third kappa shape index (κ3) is 5.57. The molecule has 2 aromatic rings. The van der Waals surface area contributed by atoms with Crippen molar-refractivity contribution in [3.8, 4) is 17.2 Å². The standard InChI is InChI=1S/C25H31N3O5/c1-28(16-23(29)26-19-6-5-7-20(15-19)31-2)17-24(30)27-25(10-3-4-11-25)18-8-9-21-22(14-18)33-13-12-32-21/h5-9,14-15H,3-4,10-13,16-17H2,1-2H3,(H,26,29)(H,27,30). The largest absolute Gasteiger partial charge is 0.497 e. The van der Waals surface area contributed by atoms with Gasteiger partial charge in [0.2, 0.25) is 11.8 Å². The molecular weight excluding hydrogens is 422 g/mol. The van der Waals surface area contributed by atoms with Crippen LogP contribution in [0.4, 0.5) is 5.69 Å². The molecule has 0 atom stereocenters. The average Bonchev–Trinajstić information content (AvgIpc) is 3.28. The van der Waals surface area contributed by atoms with Gasteiger partial charge in [-0.3, -0.25) is 14.5 Å². The van der Waals surface area contributed by atoms with Crippen molar-refractivity contribution in [2.45, 2.75) is 31.2 Å². The summed E-state index contributed by atoms with van der Waals surface area (Å²) in [6.07, 6.45) is 3.85. The number of ether oxygens (including phenoxy) is 3. The van der Waals surface area contributed by atoms with Crippen LogP contribution in [-0.2, 0) is 15.1 Å². The SMILES string of the molecule is COc1cccc(NC(=O)CN(C)CC(=O)NC2(c3ccc4c(c3)OCCO4)CCCC2)c1. The lowest BCUT2D eigenvalue weighted by molar-refractivity contribution is -0.124. The summed E-state index contributed by atoms with van der Waals surface area (Å²) in [5, 5.41) is 6.10. The molecule has 8 heteroatoms. The molecule has 0 radical (unpaired) electrons. The number of benzene rings is 2. The van der Waals surface area contributed by atoms with Crippen molar-refractivity contribution in [1.82, 2.24) is 10.2 Å². The molecule has 1 aliphatic carbocycles. The van der Waals surface area contributed by atoms with Gasteiger partial charge in [0.05, 0.1) is 25.7 Å². The Labute approximate surface area is 194 Å². The number of hydrogen-bond donors (Lipinski definition) is 2. The topological polar surface area (TPSA) is 89.1 Å². The van der Waals surface area contributed by atoms with E-state index in [0.29, 0.717) is 24.7 Å². The van der Waals surface area contributed by atoms with Crippen molar-refractivity contribution in [3.05, 3.63) is 48.0 Å². The summed E-state index contributed by atoms with van der Waals surface area (Å²) in [7, 11) is 3.34. The van der Waals surface area contributed by atoms with Crippen molar-refractivity contribution >= 4 is 17.5 Å². The highest BCUT2D eigenvalue weighted by Gasteiger charge is 2.38. The summed E-state index contributed by atoms with van der Waals surface area (Å²) in [6.45, 7) is 1.30. The number of likely N-dealkylation sites (N-methyl/N-ethyl adjacent to an activating group) is 1. The number of rotatable bonds is 8. The third-order valence-electron chi connectivity index (χ3n) is 6.11. The van der Waals surface area contributed by atoms with Crippen LogP contribution in [0.5, 0.6) is 17.2 Å². The van der Waals surface area contributed by atoms with Crippen LogP contribution in [0, 0.1) is 0 Å². The van der Waals surface area contributed by atoms with Gasteiger partial charge in [0.1, 0.15) is 19.0 Å². The van der Waals surface area contributed by atoms with E-state index < -0.39 is 5.54 Å². The molecule has 1 saturated carbocycles. The Bertz CT molecular complexity index is 1000. The molecule has 1 fully saturated rings. The summed E-state index contributed by atoms with van der Waals surface area (Å²) >= 11 is 0. The summed E-state index contributed by atoms with van der Waals surface area (Å²) in [5.74, 6) is 1.84. The molecule has 4 rings (SSSR count). The number of amides is 2. The van der Waals surface area contributed by atoms with Crippen LogP contribution < -0.4 is 24.8 Å². The minimum atomic E-state index is -0.420. The predicted octanol–water partition coefficient (Wildman–Crippen LogP) is 2.92. The van der Waals surface area contributed by atoms with Crippen molar-refractivity contribution in [2.75, 3.05) is 45.8 Å². The van der Waals surface area contributed by atoms with Crippen molar-refractivity contribution in [1.29, 1.82) is 0 Å². The molecule has 8 nitrogen and oxygen atoms in total. The Balaban J connectivity index is 1.35. The molecule has 176 valence electrons. The summed E-state index contributed by atoms with van der Waals surface area (Å²) < 4.78 is 16.6. The van der Waals surface area contributed by atoms with Gasteiger partial charge < -0.3 is 24.8 Å². The maximum absolute atomic E-state index is 12.9. The van der Waals surface area contributed by atoms with Gasteiger partial charge in [0.15, 0.2) is 11.5 Å². The minimum absolute atomic E-state index is 0.0989. The molecule has 0 bridgehead atoms. The number of anilines is 1. The molecular formula is C25H31N3O5. The molecule has 0 aromatic heterocycles. The molecule has 2 aliphatic rings. The fourth-order valence-electron chi connectivity index (χ4n) is 4.56. The van der Waals surface area contributed by atoms with Gasteiger partial charge in [-0.05, 0) is 49.7 Å². The first-order valence-electron chi connectivity index (χ1n) is 11.3. The second-order valence-electron chi connectivity index (χ2n) is 8.65. The van der Waals surface area contributed by atoms with E-state index in [9.17, 15) is 9.59 Å². The first kappa shape index (κ1) is 22.9. The fraction of sp³-hybridized carbons (Fsp3) is 0.440. The van der Waals surface area contributed by atoms with E-state index in [1.165, 1.54) is 0 Å². The molecule has 0 spiro atoms. The second kappa shape index (κ2) is 10.1. The maximum Gasteiger partial charge on any atom is 0.238 e. The quantitative estimate of drug-likeness (QED) is 0.639. The van der Waals surface area contributed by atoms with Crippen LogP contribution in [0.2, 0.25) is 0 Å². The van der Waals surface area contributed by atoms with Crippen LogP contribution in [-0.4, -0.2) is 57.2 Å². The monoisotopic (exact) mass is 453 g/mol. The van der Waals surface area contributed by atoms with Gasteiger partial charge in [0.25, 0.3) is 0 Å². The summed E-state index contributed by atoms with van der Waals surface area (Å²) in [4.78, 5) is 27.1. The summed E-state index contributed by atoms with van der Waals surface area (Å²) in [5.41, 5.74) is 1.27. The minimum Gasteiger partial charge on any atom is -0.497 e. The van der Waals surface area contributed by atoms with E-state index in [0.717, 1.165) is 42.7 Å². The lowest BCUT2D eigenvalue weighted by Crippen LogP contribution is -2.48.